The molecule has 0 radical (unpaired) electrons. The Hall–Kier alpha value is -3.20. The molecule has 3 heterocycles. The lowest BCUT2D eigenvalue weighted by atomic mass is 9.91. The van der Waals surface area contributed by atoms with Gasteiger partial charge in [-0.25, -0.2) is 4.79 Å². The van der Waals surface area contributed by atoms with Crippen LogP contribution in [0.15, 0.2) is 41.8 Å². The molecule has 33 heavy (non-hydrogen) atoms. The molecule has 1 unspecified atom stereocenters. The van der Waals surface area contributed by atoms with Crippen molar-refractivity contribution in [3.8, 4) is 0 Å². The molecule has 2 fully saturated rings. The molecule has 2 aliphatic heterocycles. The van der Waals surface area contributed by atoms with Gasteiger partial charge in [0.25, 0.3) is 11.8 Å². The fourth-order valence-electron chi connectivity index (χ4n) is 4.28. The minimum Gasteiger partial charge on any atom is -0.338 e. The molecule has 8 nitrogen and oxygen atoms in total. The van der Waals surface area contributed by atoms with E-state index in [1.807, 2.05) is 35.7 Å². The second-order valence-corrected chi connectivity index (χ2v) is 9.49. The zero-order valence-corrected chi connectivity index (χ0v) is 19.7. The summed E-state index contributed by atoms with van der Waals surface area (Å²) in [5.41, 5.74) is 0.662. The van der Waals surface area contributed by atoms with Crippen LogP contribution in [0.25, 0.3) is 0 Å². The molecule has 0 spiro atoms. The van der Waals surface area contributed by atoms with E-state index in [1.54, 1.807) is 22.8 Å². The maximum Gasteiger partial charge on any atom is 0.325 e. The van der Waals surface area contributed by atoms with Crippen molar-refractivity contribution >= 4 is 35.1 Å². The smallest absolute Gasteiger partial charge is 0.325 e. The molecule has 0 aliphatic carbocycles. The molecule has 0 bridgehead atoms. The zero-order valence-electron chi connectivity index (χ0n) is 18.9. The normalized spacial score (nSPS) is 20.8. The highest BCUT2D eigenvalue weighted by Crippen LogP contribution is 2.29. The average Bonchev–Trinajstić information content (AvgIpc) is 3.43. The number of hydrogen-bond donors (Lipinski definition) is 1. The third kappa shape index (κ3) is 4.50. The number of imide groups is 1. The molecule has 5 amide bonds. The predicted octanol–water partition coefficient (Wildman–Crippen LogP) is 2.45. The topological polar surface area (TPSA) is 90.0 Å². The van der Waals surface area contributed by atoms with Gasteiger partial charge in [-0.15, -0.1) is 11.3 Å². The lowest BCUT2D eigenvalue weighted by Gasteiger charge is -2.35. The molecule has 2 aromatic rings. The largest absolute Gasteiger partial charge is 0.338 e. The third-order valence-corrected chi connectivity index (χ3v) is 7.15. The van der Waals surface area contributed by atoms with Crippen LogP contribution in [0.5, 0.6) is 0 Å². The predicted molar refractivity (Wildman–Crippen MR) is 125 cm³/mol. The van der Waals surface area contributed by atoms with Crippen LogP contribution in [0.1, 0.15) is 41.1 Å². The first-order chi connectivity index (χ1) is 15.8. The van der Waals surface area contributed by atoms with E-state index < -0.39 is 17.5 Å². The van der Waals surface area contributed by atoms with E-state index >= 15 is 0 Å². The zero-order chi connectivity index (χ0) is 23.6. The van der Waals surface area contributed by atoms with Gasteiger partial charge in [-0.3, -0.25) is 19.3 Å². The van der Waals surface area contributed by atoms with Crippen LogP contribution in [0, 0.1) is 0 Å². The SMILES string of the molecule is CCCc1ccc(C2(C)NC(=O)N(CC(=O)N3CCN(C(=O)c4cccs4)CC3)C2=O)cc1. The molecule has 1 N–H and O–H groups in total. The van der Waals surface area contributed by atoms with Crippen molar-refractivity contribution < 1.29 is 19.2 Å². The summed E-state index contributed by atoms with van der Waals surface area (Å²) in [6.07, 6.45) is 1.97. The first kappa shape index (κ1) is 23.0. The summed E-state index contributed by atoms with van der Waals surface area (Å²) in [7, 11) is 0. The molecule has 174 valence electrons. The molecule has 9 heteroatoms. The minimum atomic E-state index is -1.20. The van der Waals surface area contributed by atoms with Gasteiger partial charge in [0.2, 0.25) is 5.91 Å². The van der Waals surface area contributed by atoms with E-state index in [4.69, 9.17) is 0 Å². The number of carbonyl (C=O) groups is 4. The Morgan fingerprint density at radius 2 is 1.70 bits per heavy atom. The monoisotopic (exact) mass is 468 g/mol. The van der Waals surface area contributed by atoms with Gasteiger partial charge in [0.15, 0.2) is 0 Å². The van der Waals surface area contributed by atoms with Gasteiger partial charge in [-0.05, 0) is 35.9 Å². The van der Waals surface area contributed by atoms with Gasteiger partial charge < -0.3 is 15.1 Å². The van der Waals surface area contributed by atoms with Crippen LogP contribution in [0.4, 0.5) is 4.79 Å². The number of benzene rings is 1. The fraction of sp³-hybridized carbons (Fsp3) is 0.417. The van der Waals surface area contributed by atoms with Crippen LogP contribution < -0.4 is 5.32 Å². The van der Waals surface area contributed by atoms with Crippen LogP contribution in [-0.2, 0) is 21.5 Å². The highest BCUT2D eigenvalue weighted by molar-refractivity contribution is 7.12. The summed E-state index contributed by atoms with van der Waals surface area (Å²) in [4.78, 5) is 56.1. The summed E-state index contributed by atoms with van der Waals surface area (Å²) < 4.78 is 0. The number of rotatable bonds is 6. The number of nitrogens with one attached hydrogen (secondary N) is 1. The lowest BCUT2D eigenvalue weighted by Crippen LogP contribution is -2.53. The molecule has 1 aromatic carbocycles. The summed E-state index contributed by atoms with van der Waals surface area (Å²) in [6, 6.07) is 10.7. The van der Waals surface area contributed by atoms with Gasteiger partial charge in [0.05, 0.1) is 4.88 Å². The van der Waals surface area contributed by atoms with Crippen molar-refractivity contribution in [1.82, 2.24) is 20.0 Å². The quantitative estimate of drug-likeness (QED) is 0.660. The maximum atomic E-state index is 13.2. The first-order valence-corrected chi connectivity index (χ1v) is 12.1. The van der Waals surface area contributed by atoms with Crippen LogP contribution in [0.3, 0.4) is 0 Å². The Balaban J connectivity index is 1.37. The van der Waals surface area contributed by atoms with Crippen LogP contribution in [-0.4, -0.2) is 71.2 Å². The Kier molecular flexibility index (Phi) is 6.51. The number of hydrogen-bond acceptors (Lipinski definition) is 5. The highest BCUT2D eigenvalue weighted by Gasteiger charge is 2.49. The van der Waals surface area contributed by atoms with Crippen LogP contribution >= 0.6 is 11.3 Å². The number of urea groups is 1. The van der Waals surface area contributed by atoms with Crippen molar-refractivity contribution in [2.24, 2.45) is 0 Å². The molecule has 0 saturated carbocycles. The third-order valence-electron chi connectivity index (χ3n) is 6.29. The van der Waals surface area contributed by atoms with E-state index in [-0.39, 0.29) is 18.4 Å². The van der Waals surface area contributed by atoms with Crippen molar-refractivity contribution in [2.75, 3.05) is 32.7 Å². The number of nitrogens with zero attached hydrogens (tertiary/aromatic N) is 3. The van der Waals surface area contributed by atoms with Crippen molar-refractivity contribution in [1.29, 1.82) is 0 Å². The second-order valence-electron chi connectivity index (χ2n) is 8.54. The number of carbonyl (C=O) groups excluding carboxylic acids is 4. The molecule has 2 saturated heterocycles. The van der Waals surface area contributed by atoms with E-state index in [2.05, 4.69) is 12.2 Å². The fourth-order valence-corrected chi connectivity index (χ4v) is 4.97. The van der Waals surface area contributed by atoms with E-state index in [9.17, 15) is 19.2 Å². The summed E-state index contributed by atoms with van der Waals surface area (Å²) in [5.74, 6) is -0.771. The van der Waals surface area contributed by atoms with Gasteiger partial charge in [-0.2, -0.15) is 0 Å². The Morgan fingerprint density at radius 3 is 2.30 bits per heavy atom. The molecule has 4 rings (SSSR count). The van der Waals surface area contributed by atoms with Crippen molar-refractivity contribution in [2.45, 2.75) is 32.2 Å². The summed E-state index contributed by atoms with van der Waals surface area (Å²) >= 11 is 1.39. The van der Waals surface area contributed by atoms with E-state index in [1.165, 1.54) is 16.9 Å². The second kappa shape index (κ2) is 9.35. The number of aryl methyl sites for hydroxylation is 1. The average molecular weight is 469 g/mol. The highest BCUT2D eigenvalue weighted by atomic mass is 32.1. The van der Waals surface area contributed by atoms with Gasteiger partial charge >= 0.3 is 6.03 Å². The number of amides is 5. The molecule has 1 aromatic heterocycles. The molecule has 2 aliphatic rings. The Bertz CT molecular complexity index is 1040. The lowest BCUT2D eigenvalue weighted by molar-refractivity contribution is -0.139. The minimum absolute atomic E-state index is 0.0353. The van der Waals surface area contributed by atoms with E-state index in [0.717, 1.165) is 17.7 Å². The molecular weight excluding hydrogens is 440 g/mol. The van der Waals surface area contributed by atoms with Crippen molar-refractivity contribution in [3.63, 3.8) is 0 Å². The summed E-state index contributed by atoms with van der Waals surface area (Å²) in [5, 5.41) is 4.62. The van der Waals surface area contributed by atoms with Crippen LogP contribution in [0.2, 0.25) is 0 Å². The van der Waals surface area contributed by atoms with Gasteiger partial charge in [-0.1, -0.05) is 43.7 Å². The Labute approximate surface area is 197 Å². The first-order valence-electron chi connectivity index (χ1n) is 11.2. The van der Waals surface area contributed by atoms with Crippen molar-refractivity contribution in [3.05, 3.63) is 57.8 Å². The Morgan fingerprint density at radius 1 is 1.03 bits per heavy atom. The standard InChI is InChI=1S/C24H28N4O4S/c1-3-5-17-7-9-18(10-8-17)24(2)22(31)28(23(32)25-24)16-20(29)26-11-13-27(14-12-26)21(30)19-6-4-15-33-19/h4,6-10,15H,3,5,11-14,16H2,1-2H3,(H,25,32). The summed E-state index contributed by atoms with van der Waals surface area (Å²) in [6.45, 7) is 5.04. The van der Waals surface area contributed by atoms with Gasteiger partial charge in [0.1, 0.15) is 12.1 Å². The number of thiophene rings is 1. The maximum absolute atomic E-state index is 13.2. The molecule has 1 atom stereocenters. The van der Waals surface area contributed by atoms with E-state index in [0.29, 0.717) is 36.6 Å². The number of piperazine rings is 1. The molecular formula is C24H28N4O4S. The van der Waals surface area contributed by atoms with Gasteiger partial charge in [0, 0.05) is 26.2 Å².